The molecule has 0 aromatic carbocycles. The summed E-state index contributed by atoms with van der Waals surface area (Å²) in [6, 6.07) is 0.566. The van der Waals surface area contributed by atoms with Gasteiger partial charge in [-0.3, -0.25) is 9.35 Å². The van der Waals surface area contributed by atoms with Crippen LogP contribution in [0.5, 0.6) is 5.75 Å². The highest BCUT2D eigenvalue weighted by Crippen LogP contribution is 2.40. The number of hydrogen-bond acceptors (Lipinski definition) is 10. The largest absolute Gasteiger partial charge is 0.511 e. The van der Waals surface area contributed by atoms with Gasteiger partial charge in [0.2, 0.25) is 11.2 Å². The maximum absolute atomic E-state index is 15.2. The lowest BCUT2D eigenvalue weighted by molar-refractivity contribution is 0.143. The van der Waals surface area contributed by atoms with Crippen molar-refractivity contribution in [2.45, 2.75) is 24.6 Å². The average Bonchev–Trinajstić information content (AvgIpc) is 3.50. The van der Waals surface area contributed by atoms with Crippen LogP contribution in [-0.2, 0) is 20.7 Å². The number of carbonyl (C=O) groups is 1. The number of halogens is 1. The molecule has 4 rings (SSSR count). The van der Waals surface area contributed by atoms with Gasteiger partial charge in [-0.1, -0.05) is 5.16 Å². The summed E-state index contributed by atoms with van der Waals surface area (Å²) in [5.74, 6) is -3.10. The van der Waals surface area contributed by atoms with Gasteiger partial charge >= 0.3 is 6.16 Å². The quantitative estimate of drug-likeness (QED) is 0.277. The normalized spacial score (nSPS) is 19.7. The fourth-order valence-electron chi connectivity index (χ4n) is 4.11. The summed E-state index contributed by atoms with van der Waals surface area (Å²) < 4.78 is 53.9. The van der Waals surface area contributed by atoms with Crippen LogP contribution in [0.3, 0.4) is 0 Å². The van der Waals surface area contributed by atoms with Gasteiger partial charge in [0, 0.05) is 25.0 Å². The van der Waals surface area contributed by atoms with Crippen LogP contribution >= 0.6 is 0 Å². The lowest BCUT2D eigenvalue weighted by Crippen LogP contribution is -2.27. The third-order valence-electron chi connectivity index (χ3n) is 5.65. The summed E-state index contributed by atoms with van der Waals surface area (Å²) in [5, 5.41) is 12.7. The van der Waals surface area contributed by atoms with Crippen molar-refractivity contribution in [3.8, 4) is 5.75 Å². The molecule has 0 amide bonds. The molecule has 1 saturated heterocycles. The first-order valence-corrected chi connectivity index (χ1v) is 11.8. The molecule has 15 heteroatoms. The number of nitrogens with zero attached hydrogens (tertiary/aromatic N) is 4. The predicted octanol–water partition coefficient (Wildman–Crippen LogP) is 0.712. The first-order valence-electron chi connectivity index (χ1n) is 10.2. The molecular formula is C19H22FN5O8S. The van der Waals surface area contributed by atoms with Gasteiger partial charge in [-0.15, -0.1) is 0 Å². The van der Waals surface area contributed by atoms with Crippen molar-refractivity contribution in [2.24, 2.45) is 16.8 Å². The maximum atomic E-state index is 15.2. The first-order chi connectivity index (χ1) is 16.0. The number of anilines is 1. The van der Waals surface area contributed by atoms with E-state index in [9.17, 15) is 22.6 Å². The molecule has 0 spiro atoms. The fraction of sp³-hybridized carbons (Fsp3) is 0.474. The number of hydrogen-bond donors (Lipinski definition) is 3. The van der Waals surface area contributed by atoms with E-state index in [-0.39, 0.29) is 54.1 Å². The Bertz CT molecular complexity index is 1350. The summed E-state index contributed by atoms with van der Waals surface area (Å²) in [6.07, 6.45) is -0.725. The van der Waals surface area contributed by atoms with E-state index in [1.54, 1.807) is 4.90 Å². The van der Waals surface area contributed by atoms with Gasteiger partial charge < -0.3 is 29.9 Å². The number of rotatable bonds is 7. The number of ether oxygens (including phenoxy) is 1. The van der Waals surface area contributed by atoms with E-state index in [0.717, 1.165) is 6.07 Å². The van der Waals surface area contributed by atoms with Crippen molar-refractivity contribution < 1.29 is 36.8 Å². The third-order valence-corrected chi connectivity index (χ3v) is 6.29. The average molecular weight is 499 g/mol. The number of oxime groups is 1. The standard InChI is InChI=1S/C19H22FN5O8S/c1-32-23-13-7-24(6-9(13)5-21)18-12(20)4-11-15(26)16(33-19(27)28)14(8-34(29,30)31)25(10-2-3-10)17(11)22-18/h4,9-10H,2-3,5-8,21H2,1H3,(H,27,28)(H,29,30,31). The van der Waals surface area contributed by atoms with Crippen molar-refractivity contribution in [3.63, 3.8) is 0 Å². The molecule has 3 heterocycles. The Labute approximate surface area is 192 Å². The molecule has 13 nitrogen and oxygen atoms in total. The van der Waals surface area contributed by atoms with E-state index in [2.05, 4.69) is 14.9 Å². The van der Waals surface area contributed by atoms with E-state index in [0.29, 0.717) is 18.6 Å². The van der Waals surface area contributed by atoms with Crippen molar-refractivity contribution in [1.82, 2.24) is 9.55 Å². The van der Waals surface area contributed by atoms with Crippen molar-refractivity contribution in [2.75, 3.05) is 31.6 Å². The monoisotopic (exact) mass is 499 g/mol. The molecule has 2 aliphatic rings. The Morgan fingerprint density at radius 2 is 2.12 bits per heavy atom. The summed E-state index contributed by atoms with van der Waals surface area (Å²) in [7, 11) is -3.32. The SMILES string of the molecule is CON=C1CN(c2nc3c(cc2F)c(=O)c(OC(=O)O)c(CS(=O)(=O)O)n3C2CC2)CC1CN. The summed E-state index contributed by atoms with van der Waals surface area (Å²) in [5.41, 5.74) is 4.88. The van der Waals surface area contributed by atoms with Crippen LogP contribution in [0.25, 0.3) is 11.0 Å². The van der Waals surface area contributed by atoms with Crippen LogP contribution in [0.15, 0.2) is 16.0 Å². The van der Waals surface area contributed by atoms with E-state index in [1.165, 1.54) is 11.7 Å². The summed E-state index contributed by atoms with van der Waals surface area (Å²) >= 11 is 0. The van der Waals surface area contributed by atoms with Crippen molar-refractivity contribution in [3.05, 3.63) is 27.8 Å². The van der Waals surface area contributed by atoms with Gasteiger partial charge in [-0.2, -0.15) is 8.42 Å². The van der Waals surface area contributed by atoms with E-state index < -0.39 is 39.0 Å². The van der Waals surface area contributed by atoms with Gasteiger partial charge in [-0.05, 0) is 18.9 Å². The molecule has 2 aromatic heterocycles. The molecule has 1 aliphatic heterocycles. The van der Waals surface area contributed by atoms with Crippen molar-refractivity contribution >= 4 is 38.8 Å². The highest BCUT2D eigenvalue weighted by atomic mass is 32.2. The summed E-state index contributed by atoms with van der Waals surface area (Å²) in [6.45, 7) is 0.672. The van der Waals surface area contributed by atoms with Crippen LogP contribution in [-0.4, -0.2) is 66.2 Å². The van der Waals surface area contributed by atoms with Crippen molar-refractivity contribution in [1.29, 1.82) is 0 Å². The predicted molar refractivity (Wildman–Crippen MR) is 117 cm³/mol. The number of carboxylic acid groups (broad SMARTS) is 1. The van der Waals surface area contributed by atoms with Crippen LogP contribution < -0.4 is 20.8 Å². The Morgan fingerprint density at radius 1 is 1.41 bits per heavy atom. The lowest BCUT2D eigenvalue weighted by Gasteiger charge is -2.21. The van der Waals surface area contributed by atoms with Gasteiger partial charge in [0.15, 0.2) is 11.6 Å². The van der Waals surface area contributed by atoms with Crippen LogP contribution in [0.2, 0.25) is 0 Å². The number of aromatic nitrogens is 2. The Kier molecular flexibility index (Phi) is 6.18. The van der Waals surface area contributed by atoms with E-state index >= 15 is 4.39 Å². The van der Waals surface area contributed by atoms with Gasteiger partial charge in [0.25, 0.3) is 10.1 Å². The molecule has 2 fully saturated rings. The molecule has 0 radical (unpaired) electrons. The molecule has 184 valence electrons. The number of pyridine rings is 2. The van der Waals surface area contributed by atoms with Gasteiger partial charge in [-0.25, -0.2) is 14.2 Å². The topological polar surface area (TPSA) is 187 Å². The minimum absolute atomic E-state index is 0.0540. The van der Waals surface area contributed by atoms with E-state index in [1.807, 2.05) is 0 Å². The minimum atomic E-state index is -4.70. The molecule has 34 heavy (non-hydrogen) atoms. The molecule has 1 aliphatic carbocycles. The van der Waals surface area contributed by atoms with Gasteiger partial charge in [0.05, 0.1) is 23.3 Å². The number of nitrogens with two attached hydrogens (primary N) is 1. The van der Waals surface area contributed by atoms with Crippen LogP contribution in [0.1, 0.15) is 24.6 Å². The second-order valence-electron chi connectivity index (χ2n) is 8.04. The molecule has 4 N–H and O–H groups in total. The molecule has 1 saturated carbocycles. The highest BCUT2D eigenvalue weighted by Gasteiger charge is 2.35. The highest BCUT2D eigenvalue weighted by molar-refractivity contribution is 7.85. The molecule has 2 aromatic rings. The zero-order chi connectivity index (χ0) is 24.8. The smallest absolute Gasteiger partial charge is 0.449 e. The second kappa shape index (κ2) is 8.81. The molecule has 0 bridgehead atoms. The van der Waals surface area contributed by atoms with Gasteiger partial charge in [0.1, 0.15) is 18.5 Å². The first kappa shape index (κ1) is 23.8. The van der Waals surface area contributed by atoms with E-state index in [4.69, 9.17) is 15.7 Å². The molecular weight excluding hydrogens is 477 g/mol. The zero-order valence-corrected chi connectivity index (χ0v) is 18.8. The lowest BCUT2D eigenvalue weighted by atomic mass is 10.1. The Balaban J connectivity index is 1.96. The minimum Gasteiger partial charge on any atom is -0.449 e. The van der Waals surface area contributed by atoms with Crippen LogP contribution in [0, 0.1) is 11.7 Å². The zero-order valence-electron chi connectivity index (χ0n) is 18.0. The summed E-state index contributed by atoms with van der Waals surface area (Å²) in [4.78, 5) is 35.0. The Morgan fingerprint density at radius 3 is 2.68 bits per heavy atom. The van der Waals surface area contributed by atoms with Crippen LogP contribution in [0.4, 0.5) is 15.0 Å². The molecule has 1 atom stereocenters. The molecule has 1 unspecified atom stereocenters. The second-order valence-corrected chi connectivity index (χ2v) is 9.50. The maximum Gasteiger partial charge on any atom is 0.511 e. The fourth-order valence-corrected chi connectivity index (χ4v) is 4.73. The Hall–Kier alpha value is -3.30. The third kappa shape index (κ3) is 4.53. The number of fused-ring (bicyclic) bond motifs is 1.